The summed E-state index contributed by atoms with van der Waals surface area (Å²) in [7, 11) is 1.47. The minimum absolute atomic E-state index is 0.152. The van der Waals surface area contributed by atoms with E-state index in [1.807, 2.05) is 0 Å². The number of aromatic nitrogens is 1. The van der Waals surface area contributed by atoms with Crippen molar-refractivity contribution in [2.45, 2.75) is 12.1 Å². The van der Waals surface area contributed by atoms with Gasteiger partial charge in [0.25, 0.3) is 0 Å². The topological polar surface area (TPSA) is 51.0 Å². The van der Waals surface area contributed by atoms with Gasteiger partial charge in [0.05, 0.1) is 18.5 Å². The molecule has 3 nitrogen and oxygen atoms in total. The summed E-state index contributed by atoms with van der Waals surface area (Å²) in [6.07, 6.45) is -3.01. The summed E-state index contributed by atoms with van der Waals surface area (Å²) in [5.41, 5.74) is 5.95. The first-order chi connectivity index (χ1) is 8.49. The van der Waals surface area contributed by atoms with Gasteiger partial charge in [-0.15, -0.1) is 0 Å². The Kier molecular flexibility index (Phi) is 3.21. The molecular weight excluding hydrogens is 245 g/mol. The molecule has 6 heteroatoms. The highest BCUT2D eigenvalue weighted by Crippen LogP contribution is 2.39. The quantitative estimate of drug-likeness (QED) is 0.889. The van der Waals surface area contributed by atoms with E-state index < -0.39 is 18.6 Å². The van der Waals surface area contributed by atoms with E-state index >= 15 is 0 Å². The summed E-state index contributed by atoms with van der Waals surface area (Å²) in [6.45, 7) is -0.479. The van der Waals surface area contributed by atoms with Gasteiger partial charge in [-0.05, 0) is 11.6 Å². The maximum Gasteiger partial charge on any atom is 0.397 e. The number of nitrogens with one attached hydrogen (secondary N) is 1. The van der Waals surface area contributed by atoms with Crippen molar-refractivity contribution >= 4 is 10.9 Å². The zero-order valence-electron chi connectivity index (χ0n) is 9.71. The maximum absolute atomic E-state index is 12.9. The van der Waals surface area contributed by atoms with E-state index in [2.05, 4.69) is 4.98 Å². The fraction of sp³-hybridized carbons (Fsp3) is 0.333. The van der Waals surface area contributed by atoms with Gasteiger partial charge in [0.2, 0.25) is 0 Å². The van der Waals surface area contributed by atoms with Crippen LogP contribution >= 0.6 is 0 Å². The molecule has 1 aromatic carbocycles. The van der Waals surface area contributed by atoms with Crippen LogP contribution in [0.5, 0.6) is 5.75 Å². The Morgan fingerprint density at radius 2 is 2.11 bits per heavy atom. The molecule has 18 heavy (non-hydrogen) atoms. The van der Waals surface area contributed by atoms with Gasteiger partial charge in [-0.25, -0.2) is 0 Å². The first-order valence-corrected chi connectivity index (χ1v) is 5.39. The van der Waals surface area contributed by atoms with Crippen molar-refractivity contribution in [3.8, 4) is 5.75 Å². The molecule has 0 aliphatic rings. The predicted octanol–water partition coefficient (Wildman–Crippen LogP) is 2.78. The lowest BCUT2D eigenvalue weighted by Gasteiger charge is -2.17. The monoisotopic (exact) mass is 258 g/mol. The van der Waals surface area contributed by atoms with Crippen molar-refractivity contribution in [1.82, 2.24) is 4.98 Å². The van der Waals surface area contributed by atoms with E-state index in [1.54, 1.807) is 18.2 Å². The summed E-state index contributed by atoms with van der Waals surface area (Å²) >= 11 is 0. The predicted molar refractivity (Wildman–Crippen MR) is 62.7 cm³/mol. The lowest BCUT2D eigenvalue weighted by atomic mass is 9.98. The van der Waals surface area contributed by atoms with Crippen LogP contribution in [0.2, 0.25) is 0 Å². The van der Waals surface area contributed by atoms with Crippen LogP contribution in [-0.2, 0) is 0 Å². The molecule has 1 heterocycles. The molecule has 2 aromatic rings. The molecular formula is C12H13F3N2O. The fourth-order valence-electron chi connectivity index (χ4n) is 2.04. The number of alkyl halides is 3. The molecule has 0 radical (unpaired) electrons. The van der Waals surface area contributed by atoms with Gasteiger partial charge in [-0.2, -0.15) is 13.2 Å². The third-order valence-corrected chi connectivity index (χ3v) is 2.94. The lowest BCUT2D eigenvalue weighted by molar-refractivity contribution is -0.147. The van der Waals surface area contributed by atoms with Crippen molar-refractivity contribution in [2.24, 2.45) is 5.73 Å². The highest BCUT2D eigenvalue weighted by Gasteiger charge is 2.40. The smallest absolute Gasteiger partial charge is 0.397 e. The first-order valence-electron chi connectivity index (χ1n) is 5.39. The minimum Gasteiger partial charge on any atom is -0.495 e. The van der Waals surface area contributed by atoms with Gasteiger partial charge in [-0.3, -0.25) is 0 Å². The number of halogens is 3. The van der Waals surface area contributed by atoms with Gasteiger partial charge in [0, 0.05) is 18.1 Å². The highest BCUT2D eigenvalue weighted by molar-refractivity contribution is 5.88. The number of nitrogens with two attached hydrogens (primary N) is 1. The zero-order valence-corrected chi connectivity index (χ0v) is 9.71. The van der Waals surface area contributed by atoms with Crippen molar-refractivity contribution < 1.29 is 17.9 Å². The number of benzene rings is 1. The van der Waals surface area contributed by atoms with Crippen LogP contribution in [-0.4, -0.2) is 24.8 Å². The Morgan fingerprint density at radius 3 is 2.67 bits per heavy atom. The minimum atomic E-state index is -4.35. The van der Waals surface area contributed by atoms with Crippen LogP contribution in [0.1, 0.15) is 11.5 Å². The lowest BCUT2D eigenvalue weighted by Crippen LogP contribution is -2.27. The number of ether oxygens (including phenoxy) is 1. The van der Waals surface area contributed by atoms with Crippen molar-refractivity contribution in [1.29, 1.82) is 0 Å². The summed E-state index contributed by atoms with van der Waals surface area (Å²) in [5, 5.41) is 0.488. The number of para-hydroxylation sites is 1. The Balaban J connectivity index is 2.59. The second kappa shape index (κ2) is 4.53. The van der Waals surface area contributed by atoms with Crippen LogP contribution in [0.4, 0.5) is 13.2 Å². The molecule has 2 rings (SSSR count). The van der Waals surface area contributed by atoms with E-state index in [4.69, 9.17) is 10.5 Å². The van der Waals surface area contributed by atoms with E-state index in [-0.39, 0.29) is 5.56 Å². The molecule has 1 aromatic heterocycles. The van der Waals surface area contributed by atoms with Crippen molar-refractivity contribution in [3.05, 3.63) is 30.0 Å². The van der Waals surface area contributed by atoms with E-state index in [1.165, 1.54) is 13.3 Å². The Morgan fingerprint density at radius 1 is 1.39 bits per heavy atom. The van der Waals surface area contributed by atoms with Crippen molar-refractivity contribution in [2.75, 3.05) is 13.7 Å². The molecule has 98 valence electrons. The Labute approximate surface area is 102 Å². The van der Waals surface area contributed by atoms with Gasteiger partial charge in [0.1, 0.15) is 5.75 Å². The second-order valence-corrected chi connectivity index (χ2v) is 3.96. The van der Waals surface area contributed by atoms with Crippen LogP contribution in [0, 0.1) is 0 Å². The fourth-order valence-corrected chi connectivity index (χ4v) is 2.04. The van der Waals surface area contributed by atoms with Gasteiger partial charge in [0.15, 0.2) is 0 Å². The summed E-state index contributed by atoms with van der Waals surface area (Å²) in [4.78, 5) is 2.81. The number of hydrogen-bond donors (Lipinski definition) is 2. The summed E-state index contributed by atoms with van der Waals surface area (Å²) < 4.78 is 43.7. The van der Waals surface area contributed by atoms with E-state index in [0.29, 0.717) is 16.7 Å². The molecule has 0 aliphatic carbocycles. The third kappa shape index (κ3) is 2.03. The van der Waals surface area contributed by atoms with Crippen LogP contribution in [0.15, 0.2) is 24.4 Å². The number of methoxy groups -OCH3 is 1. The molecule has 1 unspecified atom stereocenters. The molecule has 0 saturated heterocycles. The zero-order chi connectivity index (χ0) is 13.3. The molecule has 0 spiro atoms. The molecule has 0 saturated carbocycles. The van der Waals surface area contributed by atoms with Crippen LogP contribution in [0.3, 0.4) is 0 Å². The number of rotatable bonds is 3. The van der Waals surface area contributed by atoms with E-state index in [0.717, 1.165) is 0 Å². The maximum atomic E-state index is 12.9. The number of hydrogen-bond acceptors (Lipinski definition) is 2. The molecule has 1 atom stereocenters. The largest absolute Gasteiger partial charge is 0.495 e. The first kappa shape index (κ1) is 12.8. The second-order valence-electron chi connectivity index (χ2n) is 3.96. The third-order valence-electron chi connectivity index (χ3n) is 2.94. The van der Waals surface area contributed by atoms with E-state index in [9.17, 15) is 13.2 Å². The number of aromatic amines is 1. The standard InChI is InChI=1S/C12H13F3N2O/c1-18-10-4-2-3-7-8(6-17-11(7)10)9(5-16)12(13,14)15/h2-4,6,9,17H,5,16H2,1H3. The molecule has 0 fully saturated rings. The summed E-state index contributed by atoms with van der Waals surface area (Å²) in [5.74, 6) is -1.16. The van der Waals surface area contributed by atoms with Crippen LogP contribution < -0.4 is 10.5 Å². The molecule has 0 amide bonds. The molecule has 0 bridgehead atoms. The average Bonchev–Trinajstić information content (AvgIpc) is 2.72. The van der Waals surface area contributed by atoms with Gasteiger partial charge >= 0.3 is 6.18 Å². The molecule has 0 aliphatic heterocycles. The highest BCUT2D eigenvalue weighted by atomic mass is 19.4. The van der Waals surface area contributed by atoms with Crippen LogP contribution in [0.25, 0.3) is 10.9 Å². The molecule has 3 N–H and O–H groups in total. The SMILES string of the molecule is COc1cccc2c(C(CN)C(F)(F)F)c[nH]c12. The Bertz CT molecular complexity index is 548. The number of fused-ring (bicyclic) bond motifs is 1. The van der Waals surface area contributed by atoms with Crippen molar-refractivity contribution in [3.63, 3.8) is 0 Å². The Hall–Kier alpha value is -1.69. The normalized spacial score (nSPS) is 13.8. The summed E-state index contributed by atoms with van der Waals surface area (Å²) in [6, 6.07) is 4.97. The average molecular weight is 258 g/mol. The number of H-pyrrole nitrogens is 1. The van der Waals surface area contributed by atoms with Gasteiger partial charge < -0.3 is 15.5 Å². The van der Waals surface area contributed by atoms with Gasteiger partial charge in [-0.1, -0.05) is 12.1 Å².